The van der Waals surface area contributed by atoms with E-state index in [-0.39, 0.29) is 0 Å². The Balaban J connectivity index is 2.19. The van der Waals surface area contributed by atoms with E-state index in [9.17, 15) is 0 Å². The Bertz CT molecular complexity index is 714. The van der Waals surface area contributed by atoms with Gasteiger partial charge in [0.2, 0.25) is 0 Å². The summed E-state index contributed by atoms with van der Waals surface area (Å²) >= 11 is 5.97. The van der Waals surface area contributed by atoms with Crippen LogP contribution < -0.4 is 5.73 Å². The molecule has 0 saturated heterocycles. The predicted molar refractivity (Wildman–Crippen MR) is 74.8 cm³/mol. The number of fused-ring (bicyclic) bond motifs is 1. The number of aromatic nitrogens is 2. The number of imidazole rings is 1. The fourth-order valence-corrected chi connectivity index (χ4v) is 2.17. The Morgan fingerprint density at radius 1 is 1.17 bits per heavy atom. The maximum absolute atomic E-state index is 5.97. The lowest BCUT2D eigenvalue weighted by Gasteiger charge is -1.97. The van der Waals surface area contributed by atoms with Gasteiger partial charge in [-0.05, 0) is 13.0 Å². The smallest absolute Gasteiger partial charge is 0.160 e. The molecule has 3 nitrogen and oxygen atoms in total. The van der Waals surface area contributed by atoms with Crippen LogP contribution in [0.1, 0.15) is 5.56 Å². The molecule has 2 aromatic heterocycles. The molecule has 0 atom stereocenters. The first kappa shape index (κ1) is 11.1. The molecular weight excluding hydrogens is 246 g/mol. The van der Waals surface area contributed by atoms with Gasteiger partial charge >= 0.3 is 0 Å². The number of benzene rings is 1. The van der Waals surface area contributed by atoms with Crippen molar-refractivity contribution < 1.29 is 0 Å². The van der Waals surface area contributed by atoms with Gasteiger partial charge < -0.3 is 10.1 Å². The number of nitrogens with two attached hydrogens (primary N) is 1. The second-order valence-corrected chi connectivity index (χ2v) is 4.77. The van der Waals surface area contributed by atoms with E-state index in [1.54, 1.807) is 12.3 Å². The van der Waals surface area contributed by atoms with Crippen molar-refractivity contribution in [2.45, 2.75) is 6.92 Å². The molecule has 18 heavy (non-hydrogen) atoms. The van der Waals surface area contributed by atoms with Crippen LogP contribution >= 0.6 is 11.6 Å². The van der Waals surface area contributed by atoms with E-state index in [4.69, 9.17) is 17.3 Å². The fraction of sp³-hybridized carbons (Fsp3) is 0.0714. The molecule has 4 heteroatoms. The molecule has 0 amide bonds. The van der Waals surface area contributed by atoms with Crippen molar-refractivity contribution in [1.29, 1.82) is 0 Å². The Kier molecular flexibility index (Phi) is 2.49. The molecule has 0 bridgehead atoms. The van der Waals surface area contributed by atoms with E-state index in [0.29, 0.717) is 10.7 Å². The lowest BCUT2D eigenvalue weighted by molar-refractivity contribution is 1.19. The minimum atomic E-state index is 0.584. The number of pyridine rings is 1. The van der Waals surface area contributed by atoms with Crippen LogP contribution in [0.2, 0.25) is 5.02 Å². The summed E-state index contributed by atoms with van der Waals surface area (Å²) in [6, 6.07) is 9.94. The molecule has 2 heterocycles. The van der Waals surface area contributed by atoms with Crippen molar-refractivity contribution in [2.75, 3.05) is 5.73 Å². The molecule has 0 saturated carbocycles. The van der Waals surface area contributed by atoms with Crippen molar-refractivity contribution in [3.05, 3.63) is 53.3 Å². The van der Waals surface area contributed by atoms with Gasteiger partial charge in [-0.25, -0.2) is 4.98 Å². The molecule has 1 aromatic carbocycles. The Morgan fingerprint density at radius 2 is 1.89 bits per heavy atom. The largest absolute Gasteiger partial charge is 0.396 e. The van der Waals surface area contributed by atoms with Crippen LogP contribution in [0, 0.1) is 6.92 Å². The topological polar surface area (TPSA) is 43.3 Å². The highest BCUT2D eigenvalue weighted by atomic mass is 35.5. The minimum absolute atomic E-state index is 0.584. The summed E-state index contributed by atoms with van der Waals surface area (Å²) in [5, 5.41) is 0.604. The average molecular weight is 258 g/mol. The van der Waals surface area contributed by atoms with Crippen molar-refractivity contribution in [3.8, 4) is 11.3 Å². The van der Waals surface area contributed by atoms with Crippen LogP contribution in [0.15, 0.2) is 42.7 Å². The quantitative estimate of drug-likeness (QED) is 0.725. The Labute approximate surface area is 110 Å². The molecule has 0 unspecified atom stereocenters. The van der Waals surface area contributed by atoms with Gasteiger partial charge in [-0.2, -0.15) is 0 Å². The van der Waals surface area contributed by atoms with E-state index in [1.807, 2.05) is 10.6 Å². The molecule has 3 rings (SSSR count). The SMILES string of the molecule is Cc1ccc(-c2cn3cc(Cl)cc(N)c3n2)cc1. The predicted octanol–water partition coefficient (Wildman–Crippen LogP) is 3.55. The van der Waals surface area contributed by atoms with Crippen LogP contribution in [0.5, 0.6) is 0 Å². The summed E-state index contributed by atoms with van der Waals surface area (Å²) in [4.78, 5) is 4.53. The minimum Gasteiger partial charge on any atom is -0.396 e. The highest BCUT2D eigenvalue weighted by molar-refractivity contribution is 6.30. The molecule has 0 aliphatic carbocycles. The van der Waals surface area contributed by atoms with Crippen LogP contribution in [0.25, 0.3) is 16.9 Å². The monoisotopic (exact) mass is 257 g/mol. The number of nitrogen functional groups attached to an aromatic ring is 1. The second kappa shape index (κ2) is 4.03. The number of rotatable bonds is 1. The molecular formula is C14H12ClN3. The molecule has 90 valence electrons. The number of halogens is 1. The van der Waals surface area contributed by atoms with Crippen LogP contribution in [-0.2, 0) is 0 Å². The van der Waals surface area contributed by atoms with Crippen molar-refractivity contribution in [2.24, 2.45) is 0 Å². The van der Waals surface area contributed by atoms with Gasteiger partial charge in [0, 0.05) is 18.0 Å². The molecule has 2 N–H and O–H groups in total. The van der Waals surface area contributed by atoms with Gasteiger partial charge in [0.15, 0.2) is 5.65 Å². The van der Waals surface area contributed by atoms with E-state index < -0.39 is 0 Å². The summed E-state index contributed by atoms with van der Waals surface area (Å²) in [7, 11) is 0. The summed E-state index contributed by atoms with van der Waals surface area (Å²) in [5.74, 6) is 0. The van der Waals surface area contributed by atoms with E-state index >= 15 is 0 Å². The first-order chi connectivity index (χ1) is 8.63. The average Bonchev–Trinajstić information content (AvgIpc) is 2.74. The highest BCUT2D eigenvalue weighted by Gasteiger charge is 2.07. The lowest BCUT2D eigenvalue weighted by atomic mass is 10.1. The van der Waals surface area contributed by atoms with Gasteiger partial charge in [0.05, 0.1) is 16.4 Å². The van der Waals surface area contributed by atoms with E-state index in [2.05, 4.69) is 36.2 Å². The summed E-state index contributed by atoms with van der Waals surface area (Å²) in [6.07, 6.45) is 3.74. The summed E-state index contributed by atoms with van der Waals surface area (Å²) in [6.45, 7) is 2.06. The van der Waals surface area contributed by atoms with Gasteiger partial charge in [-0.3, -0.25) is 0 Å². The van der Waals surface area contributed by atoms with E-state index in [1.165, 1.54) is 5.56 Å². The second-order valence-electron chi connectivity index (χ2n) is 4.34. The zero-order valence-electron chi connectivity index (χ0n) is 9.89. The van der Waals surface area contributed by atoms with Crippen molar-refractivity contribution in [3.63, 3.8) is 0 Å². The zero-order valence-corrected chi connectivity index (χ0v) is 10.6. The van der Waals surface area contributed by atoms with Crippen molar-refractivity contribution in [1.82, 2.24) is 9.38 Å². The molecule has 0 radical (unpaired) electrons. The first-order valence-corrected chi connectivity index (χ1v) is 6.02. The van der Waals surface area contributed by atoms with Gasteiger partial charge in [-0.1, -0.05) is 41.4 Å². The normalized spacial score (nSPS) is 11.0. The van der Waals surface area contributed by atoms with Crippen LogP contribution in [0.4, 0.5) is 5.69 Å². The zero-order chi connectivity index (χ0) is 12.7. The number of anilines is 1. The summed E-state index contributed by atoms with van der Waals surface area (Å²) in [5.41, 5.74) is 10.4. The highest BCUT2D eigenvalue weighted by Crippen LogP contribution is 2.24. The molecule has 3 aromatic rings. The number of nitrogens with zero attached hydrogens (tertiary/aromatic N) is 2. The maximum Gasteiger partial charge on any atom is 0.160 e. The molecule has 0 aliphatic rings. The first-order valence-electron chi connectivity index (χ1n) is 5.64. The fourth-order valence-electron chi connectivity index (χ4n) is 1.95. The Hall–Kier alpha value is -2.00. The molecule has 0 spiro atoms. The third-order valence-corrected chi connectivity index (χ3v) is 3.10. The van der Waals surface area contributed by atoms with Crippen LogP contribution in [-0.4, -0.2) is 9.38 Å². The number of hydrogen-bond donors (Lipinski definition) is 1. The number of hydrogen-bond acceptors (Lipinski definition) is 2. The van der Waals surface area contributed by atoms with Gasteiger partial charge in [0.1, 0.15) is 0 Å². The van der Waals surface area contributed by atoms with Crippen LogP contribution in [0.3, 0.4) is 0 Å². The van der Waals surface area contributed by atoms with Crippen molar-refractivity contribution >= 4 is 22.9 Å². The van der Waals surface area contributed by atoms with Gasteiger partial charge in [-0.15, -0.1) is 0 Å². The van der Waals surface area contributed by atoms with E-state index in [0.717, 1.165) is 16.9 Å². The molecule has 0 aliphatic heterocycles. The third kappa shape index (κ3) is 1.83. The Morgan fingerprint density at radius 3 is 2.61 bits per heavy atom. The lowest BCUT2D eigenvalue weighted by Crippen LogP contribution is -1.91. The molecule has 0 fully saturated rings. The van der Waals surface area contributed by atoms with Gasteiger partial charge in [0.25, 0.3) is 0 Å². The maximum atomic E-state index is 5.97. The summed E-state index contributed by atoms with van der Waals surface area (Å²) < 4.78 is 1.85. The standard InChI is InChI=1S/C14H12ClN3/c1-9-2-4-10(5-3-9)13-8-18-7-11(15)6-12(16)14(18)17-13/h2-8H,16H2,1H3. The third-order valence-electron chi connectivity index (χ3n) is 2.89. The number of aryl methyl sites for hydroxylation is 1.